The fourth-order valence-corrected chi connectivity index (χ4v) is 2.95. The molecule has 0 aliphatic carbocycles. The molecule has 0 saturated heterocycles. The molecule has 0 radical (unpaired) electrons. The number of carbonyl (C=O) groups excluding carboxylic acids is 1. The van der Waals surface area contributed by atoms with Crippen molar-refractivity contribution in [2.45, 2.75) is 46.0 Å². The van der Waals surface area contributed by atoms with Crippen molar-refractivity contribution in [3.05, 3.63) is 76.4 Å². The Morgan fingerprint density at radius 3 is 2.31 bits per heavy atom. The number of allylic oxidation sites excluding steroid dienone is 1. The molecule has 3 heteroatoms. The molecule has 2 aromatic carbocycles. The molecule has 0 amide bonds. The van der Waals surface area contributed by atoms with Gasteiger partial charge < -0.3 is 5.11 Å². The highest BCUT2D eigenvalue weighted by Crippen LogP contribution is 2.22. The normalized spacial score (nSPS) is 11.4. The third-order valence-corrected chi connectivity index (χ3v) is 4.33. The van der Waals surface area contributed by atoms with Crippen LogP contribution in [-0.4, -0.2) is 16.9 Å². The fourth-order valence-electron chi connectivity index (χ4n) is 2.95. The predicted molar refractivity (Wildman–Crippen MR) is 106 cm³/mol. The number of ketones is 1. The predicted octanol–water partition coefficient (Wildman–Crippen LogP) is 5.79. The van der Waals surface area contributed by atoms with E-state index < -0.39 is 5.97 Å². The summed E-state index contributed by atoms with van der Waals surface area (Å²) in [6.45, 7) is 4.13. The second-order valence-corrected chi connectivity index (χ2v) is 6.45. The molecular formula is C23H26O3. The molecule has 1 N–H and O–H groups in total. The molecule has 2 aromatic rings. The van der Waals surface area contributed by atoms with Gasteiger partial charge in [0.25, 0.3) is 0 Å². The molecule has 3 nitrogen and oxygen atoms in total. The van der Waals surface area contributed by atoms with Gasteiger partial charge in [-0.25, -0.2) is 4.79 Å². The molecule has 0 aliphatic rings. The molecule has 0 aromatic heterocycles. The van der Waals surface area contributed by atoms with Crippen molar-refractivity contribution in [2.24, 2.45) is 0 Å². The lowest BCUT2D eigenvalue weighted by molar-refractivity contribution is 0.0692. The summed E-state index contributed by atoms with van der Waals surface area (Å²) >= 11 is 0. The minimum atomic E-state index is -1.06. The van der Waals surface area contributed by atoms with Crippen molar-refractivity contribution in [2.75, 3.05) is 0 Å². The van der Waals surface area contributed by atoms with E-state index in [4.69, 9.17) is 0 Å². The summed E-state index contributed by atoms with van der Waals surface area (Å²) in [6, 6.07) is 14.8. The monoisotopic (exact) mass is 350 g/mol. The van der Waals surface area contributed by atoms with Crippen molar-refractivity contribution in [1.82, 2.24) is 0 Å². The second kappa shape index (κ2) is 9.71. The number of aryl methyl sites for hydroxylation is 1. The van der Waals surface area contributed by atoms with Crippen LogP contribution >= 0.6 is 0 Å². The van der Waals surface area contributed by atoms with Gasteiger partial charge in [-0.05, 0) is 48.6 Å². The highest BCUT2D eigenvalue weighted by Gasteiger charge is 2.20. The molecule has 0 saturated carbocycles. The Morgan fingerprint density at radius 1 is 0.962 bits per heavy atom. The van der Waals surface area contributed by atoms with Crippen molar-refractivity contribution in [3.63, 3.8) is 0 Å². The Kier molecular flexibility index (Phi) is 7.34. The zero-order valence-electron chi connectivity index (χ0n) is 15.5. The molecule has 0 unspecified atom stereocenters. The first-order chi connectivity index (χ1) is 12.6. The molecule has 0 aliphatic heterocycles. The smallest absolute Gasteiger partial charge is 0.336 e. The Balaban J connectivity index is 2.46. The van der Waals surface area contributed by atoms with E-state index in [-0.39, 0.29) is 11.3 Å². The van der Waals surface area contributed by atoms with Crippen molar-refractivity contribution < 1.29 is 14.7 Å². The number of Topliss-reactive ketones (excluding diaryl/α,β-unsaturated/α-hetero) is 1. The summed E-state index contributed by atoms with van der Waals surface area (Å²) in [6.07, 6.45) is 6.23. The lowest BCUT2D eigenvalue weighted by Crippen LogP contribution is -2.12. The average molecular weight is 350 g/mol. The third kappa shape index (κ3) is 5.16. The second-order valence-electron chi connectivity index (χ2n) is 6.45. The van der Waals surface area contributed by atoms with Crippen molar-refractivity contribution in [1.29, 1.82) is 0 Å². The summed E-state index contributed by atoms with van der Waals surface area (Å²) in [7, 11) is 0. The Bertz CT molecular complexity index is 788. The van der Waals surface area contributed by atoms with E-state index in [1.54, 1.807) is 12.1 Å². The van der Waals surface area contributed by atoms with Crippen LogP contribution in [0, 0.1) is 0 Å². The summed E-state index contributed by atoms with van der Waals surface area (Å²) in [5.74, 6) is -1.25. The first-order valence-corrected chi connectivity index (χ1v) is 9.23. The Hall–Kier alpha value is -2.68. The van der Waals surface area contributed by atoms with Gasteiger partial charge in [0.05, 0.1) is 5.56 Å². The number of carboxylic acids is 1. The highest BCUT2D eigenvalue weighted by molar-refractivity contribution is 6.16. The van der Waals surface area contributed by atoms with Crippen LogP contribution in [0.25, 0.3) is 6.08 Å². The van der Waals surface area contributed by atoms with Crippen LogP contribution in [0.15, 0.2) is 54.1 Å². The molecule has 26 heavy (non-hydrogen) atoms. The number of carboxylic acid groups (broad SMARTS) is 1. The maximum Gasteiger partial charge on any atom is 0.336 e. The molecule has 0 spiro atoms. The zero-order valence-corrected chi connectivity index (χ0v) is 15.5. The minimum absolute atomic E-state index is 0.0744. The largest absolute Gasteiger partial charge is 0.478 e. The average Bonchev–Trinajstić information content (AvgIpc) is 2.66. The number of aromatic carboxylic acids is 1. The van der Waals surface area contributed by atoms with Crippen LogP contribution in [0.3, 0.4) is 0 Å². The van der Waals surface area contributed by atoms with Gasteiger partial charge in [0.15, 0.2) is 5.78 Å². The molecule has 0 bridgehead atoms. The van der Waals surface area contributed by atoms with Crippen molar-refractivity contribution >= 4 is 17.8 Å². The number of hydrogen-bond acceptors (Lipinski definition) is 2. The van der Waals surface area contributed by atoms with Gasteiger partial charge in [-0.15, -0.1) is 0 Å². The van der Waals surface area contributed by atoms with E-state index >= 15 is 0 Å². The van der Waals surface area contributed by atoms with Gasteiger partial charge in [-0.3, -0.25) is 4.79 Å². The minimum Gasteiger partial charge on any atom is -0.478 e. The van der Waals surface area contributed by atoms with Gasteiger partial charge in [0, 0.05) is 11.1 Å². The van der Waals surface area contributed by atoms with Gasteiger partial charge in [0.2, 0.25) is 0 Å². The number of rotatable bonds is 9. The summed E-state index contributed by atoms with van der Waals surface area (Å²) < 4.78 is 0. The molecule has 2 rings (SSSR count). The summed E-state index contributed by atoms with van der Waals surface area (Å²) in [4.78, 5) is 24.8. The van der Waals surface area contributed by atoms with Crippen LogP contribution in [0.1, 0.15) is 71.4 Å². The standard InChI is InChI=1S/C23H26O3/c1-3-5-10-18-13-14-20(23(25)26)21(16-18)22(24)19(9-4-2)15-17-11-7-6-8-12-17/h6-8,11-16H,3-5,9-10H2,1-2H3,(H,25,26). The number of carbonyl (C=O) groups is 2. The topological polar surface area (TPSA) is 54.4 Å². The summed E-state index contributed by atoms with van der Waals surface area (Å²) in [5.41, 5.74) is 2.97. The molecule has 136 valence electrons. The molecule has 0 atom stereocenters. The number of hydrogen-bond donors (Lipinski definition) is 1. The van der Waals surface area contributed by atoms with E-state index in [1.165, 1.54) is 0 Å². The molecule has 0 fully saturated rings. The fraction of sp³-hybridized carbons (Fsp3) is 0.304. The number of unbranched alkanes of at least 4 members (excludes halogenated alkanes) is 1. The van der Waals surface area contributed by atoms with E-state index in [2.05, 4.69) is 6.92 Å². The van der Waals surface area contributed by atoms with Crippen molar-refractivity contribution in [3.8, 4) is 0 Å². The van der Waals surface area contributed by atoms with Crippen LogP contribution in [0.2, 0.25) is 0 Å². The maximum atomic E-state index is 13.2. The Morgan fingerprint density at radius 2 is 1.69 bits per heavy atom. The third-order valence-electron chi connectivity index (χ3n) is 4.33. The van der Waals surface area contributed by atoms with Gasteiger partial charge in [-0.1, -0.05) is 63.1 Å². The quantitative estimate of drug-likeness (QED) is 0.460. The first kappa shape index (κ1) is 19.6. The van der Waals surface area contributed by atoms with Crippen LogP contribution in [0.4, 0.5) is 0 Å². The SMILES string of the molecule is CCCCc1ccc(C(=O)O)c(C(=O)C(=Cc2ccccc2)CCC)c1. The Labute approximate surface area is 155 Å². The van der Waals surface area contributed by atoms with Gasteiger partial charge in [-0.2, -0.15) is 0 Å². The van der Waals surface area contributed by atoms with E-state index in [9.17, 15) is 14.7 Å². The molecular weight excluding hydrogens is 324 g/mol. The lowest BCUT2D eigenvalue weighted by atomic mass is 9.92. The van der Waals surface area contributed by atoms with E-state index in [1.807, 2.05) is 49.4 Å². The highest BCUT2D eigenvalue weighted by atomic mass is 16.4. The van der Waals surface area contributed by atoms with Gasteiger partial charge >= 0.3 is 5.97 Å². The lowest BCUT2D eigenvalue weighted by Gasteiger charge is -2.11. The zero-order chi connectivity index (χ0) is 18.9. The van der Waals surface area contributed by atoms with Crippen LogP contribution in [0.5, 0.6) is 0 Å². The first-order valence-electron chi connectivity index (χ1n) is 9.23. The van der Waals surface area contributed by atoms with Crippen LogP contribution in [-0.2, 0) is 6.42 Å². The van der Waals surface area contributed by atoms with Crippen LogP contribution < -0.4 is 0 Å². The van der Waals surface area contributed by atoms with E-state index in [0.29, 0.717) is 17.6 Å². The molecule has 0 heterocycles. The number of benzene rings is 2. The van der Waals surface area contributed by atoms with Gasteiger partial charge in [0.1, 0.15) is 0 Å². The van der Waals surface area contributed by atoms with E-state index in [0.717, 1.165) is 36.8 Å². The maximum absolute atomic E-state index is 13.2. The summed E-state index contributed by atoms with van der Waals surface area (Å²) in [5, 5.41) is 9.51.